The fourth-order valence-electron chi connectivity index (χ4n) is 4.02. The molecule has 0 spiro atoms. The first-order chi connectivity index (χ1) is 18.3. The molecule has 0 heterocycles. The van der Waals surface area contributed by atoms with Crippen molar-refractivity contribution in [3.63, 3.8) is 0 Å². The highest BCUT2D eigenvalue weighted by Gasteiger charge is 2.33. The molecular weight excluding hydrogens is 578 g/mol. The summed E-state index contributed by atoms with van der Waals surface area (Å²) in [4.78, 5) is 28.6. The van der Waals surface area contributed by atoms with Crippen molar-refractivity contribution in [3.05, 3.63) is 94.5 Å². The van der Waals surface area contributed by atoms with Crippen LogP contribution in [0.5, 0.6) is 0 Å². The third kappa shape index (κ3) is 8.41. The number of carbonyl (C=O) groups is 2. The summed E-state index contributed by atoms with van der Waals surface area (Å²) in [5.74, 6) is -0.776. The molecule has 3 aromatic carbocycles. The fraction of sp³-hybridized carbons (Fsp3) is 0.333. The summed E-state index contributed by atoms with van der Waals surface area (Å²) in [5.41, 5.74) is 1.79. The number of halogens is 1. The molecule has 208 valence electrons. The number of benzene rings is 3. The molecule has 1 N–H and O–H groups in total. The Labute approximate surface area is 240 Å². The molecule has 0 radical (unpaired) electrons. The number of rotatable bonds is 10. The molecule has 39 heavy (non-hydrogen) atoms. The molecule has 0 saturated carbocycles. The third-order valence-corrected chi connectivity index (χ3v) is 8.47. The van der Waals surface area contributed by atoms with Gasteiger partial charge in [-0.15, -0.1) is 0 Å². The lowest BCUT2D eigenvalue weighted by atomic mass is 10.1. The van der Waals surface area contributed by atoms with Crippen LogP contribution < -0.4 is 9.62 Å². The second-order valence-corrected chi connectivity index (χ2v) is 13.3. The van der Waals surface area contributed by atoms with Gasteiger partial charge in [0.2, 0.25) is 11.8 Å². The molecule has 1 atom stereocenters. The first kappa shape index (κ1) is 30.4. The fourth-order valence-corrected chi connectivity index (χ4v) is 5.70. The number of hydrogen-bond acceptors (Lipinski definition) is 4. The van der Waals surface area contributed by atoms with Gasteiger partial charge in [0.15, 0.2) is 0 Å². The van der Waals surface area contributed by atoms with Crippen molar-refractivity contribution in [2.75, 3.05) is 17.4 Å². The zero-order valence-electron chi connectivity index (χ0n) is 23.0. The van der Waals surface area contributed by atoms with E-state index in [1.807, 2.05) is 58.0 Å². The topological polar surface area (TPSA) is 86.8 Å². The van der Waals surface area contributed by atoms with E-state index in [0.717, 1.165) is 19.9 Å². The second-order valence-electron chi connectivity index (χ2n) is 10.5. The van der Waals surface area contributed by atoms with Gasteiger partial charge in [0.1, 0.15) is 12.6 Å². The zero-order chi connectivity index (χ0) is 28.8. The van der Waals surface area contributed by atoms with Gasteiger partial charge in [-0.05, 0) is 83.0 Å². The standard InChI is InChI=1S/C30H36BrN3O4S/c1-22-11-17-27(18-12-22)39(37,38)34(26-15-13-25(31)14-16-26)21-28(35)33(20-19-24-9-7-6-8-10-24)23(2)29(36)32-30(3,4)5/h6-18,23H,19-21H2,1-5H3,(H,32,36)/t23-/m0/s1. The average Bonchev–Trinajstić information content (AvgIpc) is 2.87. The molecule has 2 amide bonds. The van der Waals surface area contributed by atoms with E-state index in [4.69, 9.17) is 0 Å². The normalized spacial score (nSPS) is 12.5. The minimum absolute atomic E-state index is 0.0816. The molecule has 9 heteroatoms. The highest BCUT2D eigenvalue weighted by molar-refractivity contribution is 9.10. The molecule has 3 rings (SSSR count). The van der Waals surface area contributed by atoms with E-state index < -0.39 is 34.1 Å². The van der Waals surface area contributed by atoms with Gasteiger partial charge >= 0.3 is 0 Å². The first-order valence-corrected chi connectivity index (χ1v) is 15.0. The van der Waals surface area contributed by atoms with Crippen LogP contribution in [-0.4, -0.2) is 49.8 Å². The largest absolute Gasteiger partial charge is 0.350 e. The molecular formula is C30H36BrN3O4S. The number of anilines is 1. The zero-order valence-corrected chi connectivity index (χ0v) is 25.4. The number of amides is 2. The Balaban J connectivity index is 1.98. The molecule has 0 aliphatic heterocycles. The monoisotopic (exact) mass is 613 g/mol. The van der Waals surface area contributed by atoms with Gasteiger partial charge in [0.05, 0.1) is 10.6 Å². The average molecular weight is 615 g/mol. The summed E-state index contributed by atoms with van der Waals surface area (Å²) >= 11 is 3.39. The van der Waals surface area contributed by atoms with E-state index in [2.05, 4.69) is 21.2 Å². The maximum Gasteiger partial charge on any atom is 0.264 e. The highest BCUT2D eigenvalue weighted by atomic mass is 79.9. The molecule has 0 bridgehead atoms. The quantitative estimate of drug-likeness (QED) is 0.335. The van der Waals surface area contributed by atoms with Crippen LogP contribution in [0.2, 0.25) is 0 Å². The third-order valence-electron chi connectivity index (χ3n) is 6.15. The number of nitrogens with one attached hydrogen (secondary N) is 1. The first-order valence-electron chi connectivity index (χ1n) is 12.8. The number of nitrogens with zero attached hydrogens (tertiary/aromatic N) is 2. The van der Waals surface area contributed by atoms with Gasteiger partial charge in [-0.25, -0.2) is 8.42 Å². The van der Waals surface area contributed by atoms with E-state index in [1.165, 1.54) is 17.0 Å². The molecule has 0 aliphatic rings. The Morgan fingerprint density at radius 1 is 0.923 bits per heavy atom. The van der Waals surface area contributed by atoms with E-state index in [-0.39, 0.29) is 17.3 Å². The summed E-state index contributed by atoms with van der Waals surface area (Å²) in [5, 5.41) is 2.94. The Morgan fingerprint density at radius 2 is 1.51 bits per heavy atom. The van der Waals surface area contributed by atoms with E-state index in [1.54, 1.807) is 43.3 Å². The predicted molar refractivity (Wildman–Crippen MR) is 159 cm³/mol. The van der Waals surface area contributed by atoms with Crippen molar-refractivity contribution in [2.24, 2.45) is 0 Å². The van der Waals surface area contributed by atoms with Crippen LogP contribution in [0.3, 0.4) is 0 Å². The van der Waals surface area contributed by atoms with Crippen molar-refractivity contribution in [3.8, 4) is 0 Å². The van der Waals surface area contributed by atoms with Crippen LogP contribution in [0.15, 0.2) is 88.2 Å². The predicted octanol–water partition coefficient (Wildman–Crippen LogP) is 5.33. The lowest BCUT2D eigenvalue weighted by Gasteiger charge is -2.33. The molecule has 0 fully saturated rings. The van der Waals surface area contributed by atoms with E-state index in [0.29, 0.717) is 12.1 Å². The lowest BCUT2D eigenvalue weighted by Crippen LogP contribution is -2.55. The van der Waals surface area contributed by atoms with Gasteiger partial charge in [-0.2, -0.15) is 0 Å². The maximum atomic E-state index is 13.9. The van der Waals surface area contributed by atoms with Gasteiger partial charge in [-0.1, -0.05) is 64.0 Å². The summed E-state index contributed by atoms with van der Waals surface area (Å²) in [6.07, 6.45) is 0.517. The Morgan fingerprint density at radius 3 is 2.08 bits per heavy atom. The van der Waals surface area contributed by atoms with Crippen molar-refractivity contribution < 1.29 is 18.0 Å². The molecule has 0 aromatic heterocycles. The molecule has 0 aliphatic carbocycles. The highest BCUT2D eigenvalue weighted by Crippen LogP contribution is 2.26. The summed E-state index contributed by atoms with van der Waals surface area (Å²) in [7, 11) is -4.08. The molecule has 7 nitrogen and oxygen atoms in total. The number of hydrogen-bond donors (Lipinski definition) is 1. The maximum absolute atomic E-state index is 13.9. The van der Waals surface area contributed by atoms with Gasteiger partial charge < -0.3 is 10.2 Å². The van der Waals surface area contributed by atoms with Crippen LogP contribution in [-0.2, 0) is 26.0 Å². The van der Waals surface area contributed by atoms with Crippen LogP contribution in [0, 0.1) is 6.92 Å². The number of sulfonamides is 1. The Bertz CT molecular complexity index is 1370. The van der Waals surface area contributed by atoms with Crippen LogP contribution in [0.4, 0.5) is 5.69 Å². The Kier molecular flexibility index (Phi) is 9.96. The van der Waals surface area contributed by atoms with Crippen molar-refractivity contribution in [2.45, 2.75) is 57.5 Å². The molecule has 0 unspecified atom stereocenters. The summed E-state index contributed by atoms with van der Waals surface area (Å²) in [6, 6.07) is 22.1. The van der Waals surface area contributed by atoms with Crippen LogP contribution in [0.25, 0.3) is 0 Å². The van der Waals surface area contributed by atoms with Gasteiger partial charge in [-0.3, -0.25) is 13.9 Å². The lowest BCUT2D eigenvalue weighted by molar-refractivity contribution is -0.139. The van der Waals surface area contributed by atoms with E-state index >= 15 is 0 Å². The minimum Gasteiger partial charge on any atom is -0.350 e. The minimum atomic E-state index is -4.08. The van der Waals surface area contributed by atoms with Crippen molar-refractivity contribution in [1.29, 1.82) is 0 Å². The van der Waals surface area contributed by atoms with E-state index in [9.17, 15) is 18.0 Å². The van der Waals surface area contributed by atoms with Crippen LogP contribution in [0.1, 0.15) is 38.8 Å². The summed E-state index contributed by atoms with van der Waals surface area (Å²) < 4.78 is 29.5. The van der Waals surface area contributed by atoms with Gasteiger partial charge in [0.25, 0.3) is 10.0 Å². The SMILES string of the molecule is Cc1ccc(S(=O)(=O)N(CC(=O)N(CCc2ccccc2)[C@@H](C)C(=O)NC(C)(C)C)c2ccc(Br)cc2)cc1. The van der Waals surface area contributed by atoms with Crippen molar-refractivity contribution in [1.82, 2.24) is 10.2 Å². The Hall–Kier alpha value is -3.17. The van der Waals surface area contributed by atoms with Gasteiger partial charge in [0, 0.05) is 16.6 Å². The smallest absolute Gasteiger partial charge is 0.264 e. The molecule has 0 saturated heterocycles. The number of carbonyl (C=O) groups excluding carboxylic acids is 2. The second kappa shape index (κ2) is 12.8. The molecule has 3 aromatic rings. The number of aryl methyl sites for hydroxylation is 1. The van der Waals surface area contributed by atoms with Crippen LogP contribution >= 0.6 is 15.9 Å². The summed E-state index contributed by atoms with van der Waals surface area (Å²) in [6.45, 7) is 8.95. The van der Waals surface area contributed by atoms with Crippen molar-refractivity contribution >= 4 is 43.5 Å².